The van der Waals surface area contributed by atoms with Crippen molar-refractivity contribution < 1.29 is 9.72 Å². The minimum absolute atomic E-state index is 0.00303. The standard InChI is InChI=1S/C14H12N2O3Se/c15-11-3-7-13(8-4-11)20-9-14(17)10-1-5-12(6-2-10)16(18)19/h1-8H,9,15H2. The molecule has 2 aromatic rings. The number of nitro groups is 1. The van der Waals surface area contributed by atoms with E-state index in [0.717, 1.165) is 4.46 Å². The summed E-state index contributed by atoms with van der Waals surface area (Å²) < 4.78 is 1.10. The predicted octanol–water partition coefficient (Wildman–Crippen LogP) is 1.81. The van der Waals surface area contributed by atoms with E-state index in [-0.39, 0.29) is 26.4 Å². The fraction of sp³-hybridized carbons (Fsp3) is 0.0714. The van der Waals surface area contributed by atoms with Gasteiger partial charge in [-0.05, 0) is 0 Å². The van der Waals surface area contributed by atoms with Crippen molar-refractivity contribution in [1.29, 1.82) is 0 Å². The molecule has 0 aliphatic heterocycles. The summed E-state index contributed by atoms with van der Waals surface area (Å²) in [5.41, 5.74) is 6.80. The van der Waals surface area contributed by atoms with Crippen LogP contribution in [0.1, 0.15) is 10.4 Å². The van der Waals surface area contributed by atoms with Crippen LogP contribution in [0.5, 0.6) is 0 Å². The summed E-state index contributed by atoms with van der Waals surface area (Å²) in [4.78, 5) is 22.0. The molecule has 0 amide bonds. The molecule has 2 aromatic carbocycles. The molecule has 0 saturated carbocycles. The molecule has 0 aliphatic rings. The monoisotopic (exact) mass is 336 g/mol. The Hall–Kier alpha value is -2.17. The number of nitrogen functional groups attached to an aromatic ring is 1. The van der Waals surface area contributed by atoms with Crippen LogP contribution < -0.4 is 10.2 Å². The number of benzene rings is 2. The van der Waals surface area contributed by atoms with E-state index < -0.39 is 4.92 Å². The second kappa shape index (κ2) is 6.32. The maximum atomic E-state index is 12.0. The molecule has 0 unspecified atom stereocenters. The van der Waals surface area contributed by atoms with Crippen LogP contribution in [0.4, 0.5) is 11.4 Å². The number of nitrogens with two attached hydrogens (primary N) is 1. The summed E-state index contributed by atoms with van der Waals surface area (Å²) in [6.07, 6.45) is 0. The van der Waals surface area contributed by atoms with Gasteiger partial charge in [-0.1, -0.05) is 0 Å². The van der Waals surface area contributed by atoms with Crippen LogP contribution in [0.3, 0.4) is 0 Å². The first-order valence-electron chi connectivity index (χ1n) is 5.82. The average Bonchev–Trinajstić information content (AvgIpc) is 2.46. The van der Waals surface area contributed by atoms with Crippen molar-refractivity contribution in [2.75, 3.05) is 5.73 Å². The molecule has 5 nitrogen and oxygen atoms in total. The number of carbonyl (C=O) groups is 1. The van der Waals surface area contributed by atoms with Gasteiger partial charge in [-0.3, -0.25) is 0 Å². The molecule has 102 valence electrons. The van der Waals surface area contributed by atoms with Crippen molar-refractivity contribution in [3.8, 4) is 0 Å². The van der Waals surface area contributed by atoms with Crippen LogP contribution in [0.2, 0.25) is 5.32 Å². The van der Waals surface area contributed by atoms with Gasteiger partial charge in [-0.15, -0.1) is 0 Å². The number of anilines is 1. The van der Waals surface area contributed by atoms with E-state index >= 15 is 0 Å². The van der Waals surface area contributed by atoms with Crippen molar-refractivity contribution in [3.05, 3.63) is 64.2 Å². The molecule has 0 aromatic heterocycles. The van der Waals surface area contributed by atoms with E-state index in [1.54, 1.807) is 0 Å². The van der Waals surface area contributed by atoms with Gasteiger partial charge in [-0.25, -0.2) is 0 Å². The molecule has 0 radical (unpaired) electrons. The molecule has 0 saturated heterocycles. The first kappa shape index (κ1) is 14.2. The Morgan fingerprint density at radius 2 is 1.70 bits per heavy atom. The van der Waals surface area contributed by atoms with Crippen LogP contribution in [0, 0.1) is 10.1 Å². The molecule has 0 atom stereocenters. The first-order valence-corrected chi connectivity index (χ1v) is 7.89. The Morgan fingerprint density at radius 3 is 2.25 bits per heavy atom. The fourth-order valence-corrected chi connectivity index (χ4v) is 3.23. The van der Waals surface area contributed by atoms with Gasteiger partial charge in [-0.2, -0.15) is 0 Å². The number of carbonyl (C=O) groups excluding carboxylic acids is 1. The fourth-order valence-electron chi connectivity index (χ4n) is 1.57. The molecular weight excluding hydrogens is 323 g/mol. The summed E-state index contributed by atoms with van der Waals surface area (Å²) in [5.74, 6) is -0.00303. The number of non-ortho nitro benzene ring substituents is 1. The van der Waals surface area contributed by atoms with Crippen LogP contribution in [-0.4, -0.2) is 25.7 Å². The third-order valence-corrected chi connectivity index (χ3v) is 4.77. The van der Waals surface area contributed by atoms with Crippen LogP contribution in [0.25, 0.3) is 0 Å². The Kier molecular flexibility index (Phi) is 4.50. The summed E-state index contributed by atoms with van der Waals surface area (Å²) in [5, 5.41) is 11.0. The molecule has 0 spiro atoms. The Labute approximate surface area is 122 Å². The third kappa shape index (κ3) is 3.66. The molecule has 0 fully saturated rings. The van der Waals surface area contributed by atoms with Crippen molar-refractivity contribution in [2.45, 2.75) is 5.32 Å². The van der Waals surface area contributed by atoms with Crippen molar-refractivity contribution in [3.63, 3.8) is 0 Å². The van der Waals surface area contributed by atoms with Crippen molar-refractivity contribution >= 4 is 36.6 Å². The van der Waals surface area contributed by atoms with Gasteiger partial charge in [0, 0.05) is 0 Å². The van der Waals surface area contributed by atoms with E-state index in [4.69, 9.17) is 5.73 Å². The summed E-state index contributed by atoms with van der Waals surface area (Å²) in [6, 6.07) is 13.2. The molecule has 0 heterocycles. The topological polar surface area (TPSA) is 86.2 Å². The van der Waals surface area contributed by atoms with Crippen LogP contribution >= 0.6 is 0 Å². The quantitative estimate of drug-likeness (QED) is 0.297. The molecule has 2 N–H and O–H groups in total. The SMILES string of the molecule is Nc1ccc([Se]CC(=O)c2ccc([N+](=O)[O-])cc2)cc1. The zero-order chi connectivity index (χ0) is 14.5. The molecule has 0 bridgehead atoms. The van der Waals surface area contributed by atoms with Gasteiger partial charge in [0.05, 0.1) is 0 Å². The van der Waals surface area contributed by atoms with E-state index in [0.29, 0.717) is 16.6 Å². The molecule has 20 heavy (non-hydrogen) atoms. The van der Waals surface area contributed by atoms with Crippen molar-refractivity contribution in [1.82, 2.24) is 0 Å². The zero-order valence-corrected chi connectivity index (χ0v) is 12.2. The first-order chi connectivity index (χ1) is 9.56. The summed E-state index contributed by atoms with van der Waals surface area (Å²) in [7, 11) is 0. The molecule has 2 rings (SSSR count). The van der Waals surface area contributed by atoms with E-state index in [2.05, 4.69) is 0 Å². The normalized spacial score (nSPS) is 10.2. The van der Waals surface area contributed by atoms with Gasteiger partial charge >= 0.3 is 122 Å². The number of Topliss-reactive ketones (excluding diaryl/α,β-unsaturated/α-hetero) is 1. The summed E-state index contributed by atoms with van der Waals surface area (Å²) >= 11 is 0.0343. The summed E-state index contributed by atoms with van der Waals surface area (Å²) in [6.45, 7) is 0. The predicted molar refractivity (Wildman–Crippen MR) is 78.5 cm³/mol. The second-order valence-electron chi connectivity index (χ2n) is 4.08. The molecule has 6 heteroatoms. The number of rotatable bonds is 5. The van der Waals surface area contributed by atoms with Gasteiger partial charge < -0.3 is 0 Å². The number of hydrogen-bond donors (Lipinski definition) is 1. The van der Waals surface area contributed by atoms with E-state index in [1.807, 2.05) is 24.3 Å². The van der Waals surface area contributed by atoms with Gasteiger partial charge in [0.2, 0.25) is 0 Å². The maximum absolute atomic E-state index is 12.0. The Morgan fingerprint density at radius 1 is 1.10 bits per heavy atom. The Balaban J connectivity index is 1.97. The number of ketones is 1. The minimum atomic E-state index is -0.480. The second-order valence-corrected chi connectivity index (χ2v) is 6.29. The van der Waals surface area contributed by atoms with Gasteiger partial charge in [0.1, 0.15) is 0 Å². The van der Waals surface area contributed by atoms with E-state index in [1.165, 1.54) is 24.3 Å². The number of nitrogens with zero attached hydrogens (tertiary/aromatic N) is 1. The average molecular weight is 335 g/mol. The van der Waals surface area contributed by atoms with Crippen LogP contribution in [-0.2, 0) is 0 Å². The van der Waals surface area contributed by atoms with Gasteiger partial charge in [0.15, 0.2) is 0 Å². The zero-order valence-electron chi connectivity index (χ0n) is 10.5. The number of hydrogen-bond acceptors (Lipinski definition) is 4. The van der Waals surface area contributed by atoms with E-state index in [9.17, 15) is 14.9 Å². The molecular formula is C14H12N2O3Se. The third-order valence-electron chi connectivity index (χ3n) is 2.65. The van der Waals surface area contributed by atoms with Gasteiger partial charge in [0.25, 0.3) is 0 Å². The molecule has 0 aliphatic carbocycles. The van der Waals surface area contributed by atoms with Crippen LogP contribution in [0.15, 0.2) is 48.5 Å². The van der Waals surface area contributed by atoms with Crippen molar-refractivity contribution in [2.24, 2.45) is 0 Å². The number of nitro benzene ring substituents is 1. The Bertz CT molecular complexity index is 624.